The van der Waals surface area contributed by atoms with Gasteiger partial charge in [-0.1, -0.05) is 22.5 Å². The van der Waals surface area contributed by atoms with Crippen LogP contribution in [0.4, 0.5) is 8.78 Å². The van der Waals surface area contributed by atoms with E-state index in [4.69, 9.17) is 14.0 Å². The third-order valence-electron chi connectivity index (χ3n) is 4.62. The Morgan fingerprint density at radius 1 is 1.18 bits per heavy atom. The van der Waals surface area contributed by atoms with E-state index >= 15 is 0 Å². The number of aromatic nitrogens is 5. The Balaban J connectivity index is 1.34. The lowest BCUT2D eigenvalue weighted by molar-refractivity contribution is -0.146. The van der Waals surface area contributed by atoms with Gasteiger partial charge in [0, 0.05) is 5.56 Å². The number of methoxy groups -OCH3 is 1. The van der Waals surface area contributed by atoms with Crippen LogP contribution in [-0.4, -0.2) is 44.8 Å². The molecule has 0 saturated carbocycles. The van der Waals surface area contributed by atoms with Crippen molar-refractivity contribution in [2.24, 2.45) is 0 Å². The monoisotopic (exact) mass is 473 g/mol. The molecule has 2 aromatic heterocycles. The molecule has 0 fully saturated rings. The van der Waals surface area contributed by atoms with E-state index in [0.29, 0.717) is 16.5 Å². The lowest BCUT2D eigenvalue weighted by Gasteiger charge is -2.10. The molecule has 0 aliphatic carbocycles. The van der Waals surface area contributed by atoms with Gasteiger partial charge in [-0.3, -0.25) is 9.59 Å². The van der Waals surface area contributed by atoms with Gasteiger partial charge in [0.25, 0.3) is 11.4 Å². The molecule has 2 heterocycles. The summed E-state index contributed by atoms with van der Waals surface area (Å²) in [6.07, 6.45) is -0.128. The van der Waals surface area contributed by atoms with Crippen molar-refractivity contribution in [1.82, 2.24) is 25.1 Å². The Morgan fingerprint density at radius 2 is 2.00 bits per heavy atom. The molecule has 0 unspecified atom stereocenters. The van der Waals surface area contributed by atoms with Crippen LogP contribution in [0, 0.1) is 0 Å². The molecule has 0 atom stereocenters. The number of ether oxygens (including phenoxy) is 3. The van der Waals surface area contributed by atoms with Crippen molar-refractivity contribution in [1.29, 1.82) is 0 Å². The Labute approximate surface area is 189 Å². The zero-order valence-corrected chi connectivity index (χ0v) is 17.7. The van der Waals surface area contributed by atoms with Gasteiger partial charge in [-0.25, -0.2) is 4.68 Å². The quantitative estimate of drug-likeness (QED) is 0.334. The van der Waals surface area contributed by atoms with Crippen molar-refractivity contribution >= 4 is 16.9 Å². The standard InChI is InChI=1S/C21H17F2N5O6/c1-31-16-10-12(6-7-15(16)33-21(22)23)19-24-17(34-26-19)11-32-18(29)8-9-28-20(30)13-4-2-3-5-14(13)25-27-28/h2-7,10,21H,8-9,11H2,1H3. The van der Waals surface area contributed by atoms with Gasteiger partial charge in [0.1, 0.15) is 5.52 Å². The highest BCUT2D eigenvalue weighted by atomic mass is 19.3. The maximum absolute atomic E-state index is 12.5. The van der Waals surface area contributed by atoms with Crippen molar-refractivity contribution in [3.05, 3.63) is 58.7 Å². The second-order valence-corrected chi connectivity index (χ2v) is 6.80. The Hall–Kier alpha value is -4.42. The second-order valence-electron chi connectivity index (χ2n) is 6.80. The van der Waals surface area contributed by atoms with Gasteiger partial charge in [-0.05, 0) is 30.3 Å². The molecule has 0 saturated heterocycles. The van der Waals surface area contributed by atoms with Crippen molar-refractivity contribution in [3.8, 4) is 22.9 Å². The zero-order valence-electron chi connectivity index (χ0n) is 17.7. The minimum absolute atomic E-state index is 0.0119. The number of benzene rings is 2. The third-order valence-corrected chi connectivity index (χ3v) is 4.62. The molecule has 0 radical (unpaired) electrons. The average molecular weight is 473 g/mol. The zero-order chi connectivity index (χ0) is 24.1. The number of carbonyl (C=O) groups is 1. The highest BCUT2D eigenvalue weighted by Crippen LogP contribution is 2.32. The molecule has 11 nitrogen and oxygen atoms in total. The second kappa shape index (κ2) is 10.0. The normalized spacial score (nSPS) is 11.1. The number of fused-ring (bicyclic) bond motifs is 1. The van der Waals surface area contributed by atoms with E-state index in [2.05, 4.69) is 25.2 Å². The van der Waals surface area contributed by atoms with Gasteiger partial charge in [0.05, 0.1) is 25.5 Å². The number of rotatable bonds is 9. The predicted octanol–water partition coefficient (Wildman–Crippen LogP) is 2.59. The minimum atomic E-state index is -3.00. The average Bonchev–Trinajstić information content (AvgIpc) is 3.31. The van der Waals surface area contributed by atoms with Crippen molar-refractivity contribution in [3.63, 3.8) is 0 Å². The third kappa shape index (κ3) is 5.14. The fraction of sp³-hybridized carbons (Fsp3) is 0.238. The molecule has 0 aliphatic rings. The van der Waals surface area contributed by atoms with E-state index in [0.717, 1.165) is 4.68 Å². The molecule has 4 rings (SSSR count). The van der Waals surface area contributed by atoms with E-state index in [-0.39, 0.29) is 48.3 Å². The van der Waals surface area contributed by atoms with Crippen molar-refractivity contribution in [2.75, 3.05) is 7.11 Å². The predicted molar refractivity (Wildman–Crippen MR) is 111 cm³/mol. The molecule has 0 aliphatic heterocycles. The minimum Gasteiger partial charge on any atom is -0.493 e. The molecule has 4 aromatic rings. The summed E-state index contributed by atoms with van der Waals surface area (Å²) in [4.78, 5) is 28.6. The first-order valence-electron chi connectivity index (χ1n) is 9.88. The highest BCUT2D eigenvalue weighted by molar-refractivity contribution is 5.76. The molecule has 2 aromatic carbocycles. The van der Waals surface area contributed by atoms with Crippen LogP contribution >= 0.6 is 0 Å². The van der Waals surface area contributed by atoms with Crippen LogP contribution in [0.5, 0.6) is 11.5 Å². The maximum atomic E-state index is 12.5. The highest BCUT2D eigenvalue weighted by Gasteiger charge is 2.16. The molecular weight excluding hydrogens is 456 g/mol. The van der Waals surface area contributed by atoms with Crippen LogP contribution in [-0.2, 0) is 22.7 Å². The molecule has 0 amide bonds. The largest absolute Gasteiger partial charge is 0.493 e. The molecule has 0 spiro atoms. The lowest BCUT2D eigenvalue weighted by atomic mass is 10.2. The van der Waals surface area contributed by atoms with Gasteiger partial charge in [0.15, 0.2) is 18.1 Å². The van der Waals surface area contributed by atoms with Crippen LogP contribution in [0.2, 0.25) is 0 Å². The van der Waals surface area contributed by atoms with E-state index < -0.39 is 12.6 Å². The van der Waals surface area contributed by atoms with E-state index in [1.807, 2.05) is 0 Å². The smallest absolute Gasteiger partial charge is 0.387 e. The number of aryl methyl sites for hydroxylation is 1. The first kappa shape index (κ1) is 22.8. The molecule has 0 bridgehead atoms. The Morgan fingerprint density at radius 3 is 2.79 bits per heavy atom. The number of esters is 1. The summed E-state index contributed by atoms with van der Waals surface area (Å²) >= 11 is 0. The Kier molecular flexibility index (Phi) is 6.71. The first-order chi connectivity index (χ1) is 16.4. The van der Waals surface area contributed by atoms with Crippen LogP contribution in [0.25, 0.3) is 22.3 Å². The molecule has 0 N–H and O–H groups in total. The van der Waals surface area contributed by atoms with Gasteiger partial charge in [-0.2, -0.15) is 13.8 Å². The number of hydrogen-bond acceptors (Lipinski definition) is 10. The number of nitrogens with zero attached hydrogens (tertiary/aromatic N) is 5. The summed E-state index contributed by atoms with van der Waals surface area (Å²) in [6.45, 7) is -3.32. The van der Waals surface area contributed by atoms with Crippen LogP contribution < -0.4 is 15.0 Å². The summed E-state index contributed by atoms with van der Waals surface area (Å²) in [5.74, 6) is -0.558. The fourth-order valence-electron chi connectivity index (χ4n) is 3.01. The van der Waals surface area contributed by atoms with Crippen molar-refractivity contribution in [2.45, 2.75) is 26.2 Å². The summed E-state index contributed by atoms with van der Waals surface area (Å²) < 4.78 is 45.6. The van der Waals surface area contributed by atoms with Crippen LogP contribution in [0.3, 0.4) is 0 Å². The summed E-state index contributed by atoms with van der Waals surface area (Å²) in [6, 6.07) is 10.9. The van der Waals surface area contributed by atoms with E-state index in [1.165, 1.54) is 25.3 Å². The van der Waals surface area contributed by atoms with Crippen molar-refractivity contribution < 1.29 is 32.3 Å². The topological polar surface area (TPSA) is 131 Å². The lowest BCUT2D eigenvalue weighted by Crippen LogP contribution is -2.25. The maximum Gasteiger partial charge on any atom is 0.387 e. The summed E-state index contributed by atoms with van der Waals surface area (Å²) in [7, 11) is 1.30. The number of hydrogen-bond donors (Lipinski definition) is 0. The van der Waals surface area contributed by atoms with Gasteiger partial charge < -0.3 is 18.7 Å². The van der Waals surface area contributed by atoms with Gasteiger partial charge >= 0.3 is 12.6 Å². The Bertz CT molecular complexity index is 1370. The van der Waals surface area contributed by atoms with Crippen LogP contribution in [0.1, 0.15) is 12.3 Å². The van der Waals surface area contributed by atoms with Gasteiger partial charge in [0.2, 0.25) is 5.82 Å². The number of carbonyl (C=O) groups excluding carboxylic acids is 1. The molecule has 34 heavy (non-hydrogen) atoms. The van der Waals surface area contributed by atoms with E-state index in [1.54, 1.807) is 24.3 Å². The van der Waals surface area contributed by atoms with Gasteiger partial charge in [-0.15, -0.1) is 5.10 Å². The van der Waals surface area contributed by atoms with Crippen LogP contribution in [0.15, 0.2) is 51.8 Å². The van der Waals surface area contributed by atoms with E-state index in [9.17, 15) is 18.4 Å². The first-order valence-corrected chi connectivity index (χ1v) is 9.88. The summed E-state index contributed by atoms with van der Waals surface area (Å²) in [5.41, 5.74) is 0.515. The molecule has 176 valence electrons. The number of halogens is 2. The fourth-order valence-corrected chi connectivity index (χ4v) is 3.01. The SMILES string of the molecule is COc1cc(-c2noc(COC(=O)CCn3nnc4ccccc4c3=O)n2)ccc1OC(F)F. The summed E-state index contributed by atoms with van der Waals surface area (Å²) in [5, 5.41) is 11.9. The number of alkyl halides is 2. The molecule has 13 heteroatoms. The molecular formula is C21H17F2N5O6.